The molecule has 3 aromatic heterocycles. The molecule has 0 spiro atoms. The molecule has 1 aromatic carbocycles. The summed E-state index contributed by atoms with van der Waals surface area (Å²) >= 11 is 1.52. The molecular weight excluding hydrogens is 444 g/mol. The summed E-state index contributed by atoms with van der Waals surface area (Å²) < 4.78 is 0. The Kier molecular flexibility index (Phi) is 6.45. The van der Waals surface area contributed by atoms with Gasteiger partial charge in [0.2, 0.25) is 0 Å². The topological polar surface area (TPSA) is 86.2 Å². The molecule has 0 radical (unpaired) electrons. The summed E-state index contributed by atoms with van der Waals surface area (Å²) in [6.45, 7) is 2.97. The number of aliphatic hydroxyl groups is 1. The molecule has 8 heteroatoms. The summed E-state index contributed by atoms with van der Waals surface area (Å²) in [5.41, 5.74) is 4.17. The number of hydrogen-bond donors (Lipinski definition) is 3. The number of aromatic nitrogens is 3. The lowest BCUT2D eigenvalue weighted by Gasteiger charge is -2.28. The largest absolute Gasteiger partial charge is 0.394 e. The average Bonchev–Trinajstić information content (AvgIpc) is 3.49. The van der Waals surface area contributed by atoms with Crippen molar-refractivity contribution in [1.82, 2.24) is 20.3 Å². The van der Waals surface area contributed by atoms with Crippen LogP contribution in [0.3, 0.4) is 0 Å². The van der Waals surface area contributed by atoms with Crippen molar-refractivity contribution in [1.29, 1.82) is 0 Å². The Hall–Kier alpha value is -3.07. The second kappa shape index (κ2) is 9.66. The molecule has 1 aliphatic rings. The van der Waals surface area contributed by atoms with E-state index in [1.165, 1.54) is 29.7 Å². The van der Waals surface area contributed by atoms with Gasteiger partial charge < -0.3 is 20.6 Å². The van der Waals surface area contributed by atoms with Gasteiger partial charge in [-0.2, -0.15) is 0 Å². The number of benzene rings is 1. The van der Waals surface area contributed by atoms with Gasteiger partial charge in [-0.25, -0.2) is 15.0 Å². The lowest BCUT2D eigenvalue weighted by molar-refractivity contribution is 0.163. The summed E-state index contributed by atoms with van der Waals surface area (Å²) in [5.74, 6) is 1.63. The Balaban J connectivity index is 1.29. The van der Waals surface area contributed by atoms with Crippen molar-refractivity contribution in [2.45, 2.75) is 44.7 Å². The molecule has 34 heavy (non-hydrogen) atoms. The van der Waals surface area contributed by atoms with Crippen LogP contribution in [0.15, 0.2) is 54.7 Å². The van der Waals surface area contributed by atoms with Crippen molar-refractivity contribution in [2.75, 3.05) is 23.9 Å². The molecule has 3 heterocycles. The second-order valence-electron chi connectivity index (χ2n) is 9.08. The fourth-order valence-corrected chi connectivity index (χ4v) is 5.28. The summed E-state index contributed by atoms with van der Waals surface area (Å²) in [4.78, 5) is 16.9. The number of pyridine rings is 2. The first-order valence-corrected chi connectivity index (χ1v) is 12.5. The molecule has 0 saturated heterocycles. The van der Waals surface area contributed by atoms with Gasteiger partial charge >= 0.3 is 0 Å². The number of nitrogens with zero attached hydrogens (tertiary/aromatic N) is 4. The number of aliphatic hydroxyl groups excluding tert-OH is 1. The van der Waals surface area contributed by atoms with Gasteiger partial charge in [-0.1, -0.05) is 41.9 Å². The Morgan fingerprint density at radius 2 is 1.85 bits per heavy atom. The SMILES string of the molecule is Cc1ccc(N(C)c2ccc3nc(Nc4cc(CNC5(CO)CCCC5)ccn4)sc3n2)cc1. The van der Waals surface area contributed by atoms with Crippen LogP contribution in [0.25, 0.3) is 10.3 Å². The van der Waals surface area contributed by atoms with Gasteiger partial charge in [-0.05, 0) is 61.7 Å². The van der Waals surface area contributed by atoms with Crippen LogP contribution >= 0.6 is 11.3 Å². The lowest BCUT2D eigenvalue weighted by Crippen LogP contribution is -2.45. The number of anilines is 4. The summed E-state index contributed by atoms with van der Waals surface area (Å²) in [7, 11) is 2.02. The molecule has 0 unspecified atom stereocenters. The Bertz CT molecular complexity index is 1270. The summed E-state index contributed by atoms with van der Waals surface area (Å²) in [6.07, 6.45) is 6.20. The minimum atomic E-state index is -0.140. The van der Waals surface area contributed by atoms with E-state index in [1.807, 2.05) is 31.3 Å². The second-order valence-corrected chi connectivity index (χ2v) is 10.1. The van der Waals surface area contributed by atoms with Crippen LogP contribution in [0, 0.1) is 6.92 Å². The van der Waals surface area contributed by atoms with Crippen molar-refractivity contribution < 1.29 is 5.11 Å². The molecule has 5 rings (SSSR count). The molecule has 176 valence electrons. The van der Waals surface area contributed by atoms with Crippen molar-refractivity contribution in [3.8, 4) is 0 Å². The number of thiazole rings is 1. The average molecular weight is 475 g/mol. The molecule has 0 bridgehead atoms. The molecule has 1 fully saturated rings. The number of aryl methyl sites for hydroxylation is 1. The number of hydrogen-bond acceptors (Lipinski definition) is 8. The molecule has 0 amide bonds. The summed E-state index contributed by atoms with van der Waals surface area (Å²) in [6, 6.07) is 16.5. The van der Waals surface area contributed by atoms with E-state index in [9.17, 15) is 5.11 Å². The summed E-state index contributed by atoms with van der Waals surface area (Å²) in [5, 5.41) is 17.5. The maximum Gasteiger partial charge on any atom is 0.190 e. The van der Waals surface area contributed by atoms with Crippen molar-refractivity contribution in [3.63, 3.8) is 0 Å². The van der Waals surface area contributed by atoms with Gasteiger partial charge in [0.15, 0.2) is 5.13 Å². The van der Waals surface area contributed by atoms with E-state index in [1.54, 1.807) is 6.20 Å². The third-order valence-electron chi connectivity index (χ3n) is 6.60. The molecule has 0 atom stereocenters. The molecule has 7 nitrogen and oxygen atoms in total. The Morgan fingerprint density at radius 1 is 1.06 bits per heavy atom. The van der Waals surface area contributed by atoms with E-state index in [2.05, 4.69) is 51.7 Å². The third-order valence-corrected chi connectivity index (χ3v) is 7.48. The number of fused-ring (bicyclic) bond motifs is 1. The number of rotatable bonds is 8. The molecule has 1 saturated carbocycles. The van der Waals surface area contributed by atoms with Crippen molar-refractivity contribution in [2.24, 2.45) is 0 Å². The first kappa shape index (κ1) is 22.7. The van der Waals surface area contributed by atoms with Gasteiger partial charge in [-0.3, -0.25) is 0 Å². The van der Waals surface area contributed by atoms with E-state index in [-0.39, 0.29) is 12.1 Å². The minimum Gasteiger partial charge on any atom is -0.394 e. The van der Waals surface area contributed by atoms with Crippen molar-refractivity contribution in [3.05, 3.63) is 65.9 Å². The van der Waals surface area contributed by atoms with Crippen LogP contribution in [-0.2, 0) is 6.54 Å². The first-order chi connectivity index (χ1) is 16.5. The minimum absolute atomic E-state index is 0.140. The van der Waals surface area contributed by atoms with Crippen LogP contribution in [0.5, 0.6) is 0 Å². The lowest BCUT2D eigenvalue weighted by atomic mass is 9.98. The highest BCUT2D eigenvalue weighted by Gasteiger charge is 2.32. The van der Waals surface area contributed by atoms with E-state index < -0.39 is 0 Å². The Morgan fingerprint density at radius 3 is 2.62 bits per heavy atom. The van der Waals surface area contributed by atoms with E-state index >= 15 is 0 Å². The fraction of sp³-hybridized carbons (Fsp3) is 0.346. The maximum absolute atomic E-state index is 9.84. The van der Waals surface area contributed by atoms with E-state index in [4.69, 9.17) is 9.97 Å². The van der Waals surface area contributed by atoms with E-state index in [0.29, 0.717) is 6.54 Å². The maximum atomic E-state index is 9.84. The van der Waals surface area contributed by atoms with Crippen molar-refractivity contribution >= 4 is 44.1 Å². The third kappa shape index (κ3) is 4.89. The van der Waals surface area contributed by atoms with Crippen LogP contribution < -0.4 is 15.5 Å². The quantitative estimate of drug-likeness (QED) is 0.319. The predicted molar refractivity (Wildman–Crippen MR) is 139 cm³/mol. The van der Waals surface area contributed by atoms with Gasteiger partial charge in [0.25, 0.3) is 0 Å². The van der Waals surface area contributed by atoms with E-state index in [0.717, 1.165) is 51.2 Å². The van der Waals surface area contributed by atoms with Crippen LogP contribution in [-0.4, -0.2) is 39.3 Å². The van der Waals surface area contributed by atoms with Gasteiger partial charge in [0.1, 0.15) is 22.0 Å². The standard InChI is InChI=1S/C26H30N6OS/c1-18-5-7-20(8-6-18)32(2)23-10-9-21-24(31-23)34-25(29-21)30-22-15-19(11-14-27-22)16-28-26(17-33)12-3-4-13-26/h5-11,14-15,28,33H,3-4,12-13,16-17H2,1-2H3,(H,27,29,30). The highest BCUT2D eigenvalue weighted by atomic mass is 32.1. The first-order valence-electron chi connectivity index (χ1n) is 11.7. The van der Waals surface area contributed by atoms with Crippen LogP contribution in [0.4, 0.5) is 22.5 Å². The van der Waals surface area contributed by atoms with Crippen LogP contribution in [0.1, 0.15) is 36.8 Å². The predicted octanol–water partition coefficient (Wildman–Crippen LogP) is 5.30. The molecule has 1 aliphatic carbocycles. The zero-order valence-electron chi connectivity index (χ0n) is 19.6. The molecule has 3 N–H and O–H groups in total. The number of nitrogens with one attached hydrogen (secondary N) is 2. The van der Waals surface area contributed by atoms with Gasteiger partial charge in [0, 0.05) is 31.0 Å². The highest BCUT2D eigenvalue weighted by molar-refractivity contribution is 7.21. The highest BCUT2D eigenvalue weighted by Crippen LogP contribution is 2.31. The smallest absolute Gasteiger partial charge is 0.190 e. The molecule has 4 aromatic rings. The fourth-order valence-electron chi connectivity index (χ4n) is 4.44. The molecule has 0 aliphatic heterocycles. The Labute approximate surface area is 203 Å². The normalized spacial score (nSPS) is 15.0. The van der Waals surface area contributed by atoms with Gasteiger partial charge in [-0.15, -0.1) is 0 Å². The monoisotopic (exact) mass is 474 g/mol. The van der Waals surface area contributed by atoms with Crippen LogP contribution in [0.2, 0.25) is 0 Å². The zero-order chi connectivity index (χ0) is 23.5. The van der Waals surface area contributed by atoms with Gasteiger partial charge in [0.05, 0.1) is 6.61 Å². The zero-order valence-corrected chi connectivity index (χ0v) is 20.4. The molecular formula is C26H30N6OS.